The van der Waals surface area contributed by atoms with Gasteiger partial charge in [0.25, 0.3) is 0 Å². The molecular weight excluding hydrogens is 408 g/mol. The van der Waals surface area contributed by atoms with E-state index in [4.69, 9.17) is 9.84 Å². The van der Waals surface area contributed by atoms with E-state index in [9.17, 15) is 14.4 Å². The van der Waals surface area contributed by atoms with Crippen LogP contribution in [0.3, 0.4) is 0 Å². The maximum absolute atomic E-state index is 12.5. The van der Waals surface area contributed by atoms with E-state index in [2.05, 4.69) is 34.9 Å². The van der Waals surface area contributed by atoms with Gasteiger partial charge in [-0.2, -0.15) is 0 Å². The van der Waals surface area contributed by atoms with Gasteiger partial charge in [0, 0.05) is 18.9 Å². The van der Waals surface area contributed by atoms with Crippen molar-refractivity contribution < 1.29 is 24.2 Å². The average molecular weight is 439 g/mol. The molecule has 2 aromatic rings. The Morgan fingerprint density at radius 3 is 2.12 bits per heavy atom. The van der Waals surface area contributed by atoms with Crippen LogP contribution in [0, 0.1) is 5.92 Å². The molecule has 3 N–H and O–H groups in total. The van der Waals surface area contributed by atoms with Crippen LogP contribution in [-0.2, 0) is 14.3 Å². The van der Waals surface area contributed by atoms with Crippen molar-refractivity contribution >= 4 is 18.0 Å². The van der Waals surface area contributed by atoms with Crippen molar-refractivity contribution in [2.75, 3.05) is 13.2 Å². The molecule has 32 heavy (non-hydrogen) atoms. The molecule has 0 bridgehead atoms. The van der Waals surface area contributed by atoms with Gasteiger partial charge in [-0.3, -0.25) is 9.59 Å². The summed E-state index contributed by atoms with van der Waals surface area (Å²) in [5, 5.41) is 14.1. The standard InChI is InChI=1S/C25H30N2O5/c1-16(2)23(24(30)26-14-8-7-13-22(28)29)27-25(31)32-15-21-19-11-5-3-9-17(19)18-10-4-6-12-20(18)21/h3-6,9-12,16,21,23H,7-8,13-15H2,1-2H3,(H,26,30)(H,27,31)(H,28,29)/t23-/m1/s1. The van der Waals surface area contributed by atoms with Crippen molar-refractivity contribution in [3.8, 4) is 11.1 Å². The maximum atomic E-state index is 12.5. The summed E-state index contributed by atoms with van der Waals surface area (Å²) in [6.07, 6.45) is 0.489. The Bertz CT molecular complexity index is 927. The molecule has 0 unspecified atom stereocenters. The summed E-state index contributed by atoms with van der Waals surface area (Å²) in [5.74, 6) is -1.33. The van der Waals surface area contributed by atoms with E-state index in [1.165, 1.54) is 0 Å². The Balaban J connectivity index is 1.55. The number of carboxylic acids is 1. The second kappa shape index (κ2) is 10.8. The van der Waals surface area contributed by atoms with Gasteiger partial charge >= 0.3 is 12.1 Å². The van der Waals surface area contributed by atoms with E-state index in [0.29, 0.717) is 19.4 Å². The van der Waals surface area contributed by atoms with Crippen LogP contribution in [-0.4, -0.2) is 42.3 Å². The molecule has 7 heteroatoms. The van der Waals surface area contributed by atoms with Crippen molar-refractivity contribution in [2.24, 2.45) is 5.92 Å². The highest BCUT2D eigenvalue weighted by atomic mass is 16.5. The molecule has 2 aromatic carbocycles. The number of aliphatic carboxylic acids is 1. The van der Waals surface area contributed by atoms with E-state index in [0.717, 1.165) is 22.3 Å². The number of carboxylic acid groups (broad SMARTS) is 1. The molecule has 0 spiro atoms. The van der Waals surface area contributed by atoms with Crippen molar-refractivity contribution in [3.05, 3.63) is 59.7 Å². The summed E-state index contributed by atoms with van der Waals surface area (Å²) in [5.41, 5.74) is 4.56. The van der Waals surface area contributed by atoms with Crippen LogP contribution in [0.15, 0.2) is 48.5 Å². The van der Waals surface area contributed by atoms with Crippen LogP contribution in [0.1, 0.15) is 50.2 Å². The minimum atomic E-state index is -0.853. The minimum absolute atomic E-state index is 0.0475. The molecule has 2 amide bonds. The lowest BCUT2D eigenvalue weighted by Crippen LogP contribution is -2.50. The molecule has 1 aliphatic rings. The van der Waals surface area contributed by atoms with Crippen LogP contribution in [0.5, 0.6) is 0 Å². The topological polar surface area (TPSA) is 105 Å². The summed E-state index contributed by atoms with van der Waals surface area (Å²) >= 11 is 0. The molecule has 1 aliphatic carbocycles. The van der Waals surface area contributed by atoms with Crippen molar-refractivity contribution in [1.29, 1.82) is 0 Å². The third kappa shape index (κ3) is 5.66. The Hall–Kier alpha value is -3.35. The summed E-state index contributed by atoms with van der Waals surface area (Å²) in [6, 6.07) is 15.5. The number of fused-ring (bicyclic) bond motifs is 3. The van der Waals surface area contributed by atoms with Crippen LogP contribution < -0.4 is 10.6 Å². The number of amides is 2. The van der Waals surface area contributed by atoms with E-state index in [1.54, 1.807) is 0 Å². The lowest BCUT2D eigenvalue weighted by molar-refractivity contribution is -0.137. The molecule has 0 heterocycles. The third-order valence-corrected chi connectivity index (χ3v) is 5.68. The molecule has 0 aromatic heterocycles. The van der Waals surface area contributed by atoms with Crippen molar-refractivity contribution in [1.82, 2.24) is 10.6 Å². The Morgan fingerprint density at radius 2 is 1.56 bits per heavy atom. The number of unbranched alkanes of at least 4 members (excludes halogenated alkanes) is 1. The SMILES string of the molecule is CC(C)[C@@H](NC(=O)OCC1c2ccccc2-c2ccccc21)C(=O)NCCCCC(=O)O. The van der Waals surface area contributed by atoms with E-state index < -0.39 is 18.1 Å². The lowest BCUT2D eigenvalue weighted by atomic mass is 9.98. The molecule has 7 nitrogen and oxygen atoms in total. The number of hydrogen-bond donors (Lipinski definition) is 3. The van der Waals surface area contributed by atoms with Crippen LogP contribution in [0.4, 0.5) is 4.79 Å². The quantitative estimate of drug-likeness (QED) is 0.488. The van der Waals surface area contributed by atoms with Gasteiger partial charge in [0.1, 0.15) is 12.6 Å². The number of ether oxygens (including phenoxy) is 1. The number of carbonyl (C=O) groups is 3. The van der Waals surface area contributed by atoms with Gasteiger partial charge in [-0.1, -0.05) is 62.4 Å². The zero-order chi connectivity index (χ0) is 23.1. The summed E-state index contributed by atoms with van der Waals surface area (Å²) in [4.78, 5) is 35.6. The molecule has 170 valence electrons. The zero-order valence-corrected chi connectivity index (χ0v) is 18.5. The second-order valence-electron chi connectivity index (χ2n) is 8.33. The van der Waals surface area contributed by atoms with Crippen LogP contribution in [0.2, 0.25) is 0 Å². The normalized spacial score (nSPS) is 13.2. The first-order valence-electron chi connectivity index (χ1n) is 11.0. The number of nitrogens with one attached hydrogen (secondary N) is 2. The fourth-order valence-electron chi connectivity index (χ4n) is 4.02. The number of rotatable bonds is 10. The highest BCUT2D eigenvalue weighted by Gasteiger charge is 2.30. The predicted molar refractivity (Wildman–Crippen MR) is 121 cm³/mol. The molecule has 0 fully saturated rings. The van der Waals surface area contributed by atoms with Gasteiger partial charge in [0.05, 0.1) is 0 Å². The third-order valence-electron chi connectivity index (χ3n) is 5.68. The minimum Gasteiger partial charge on any atom is -0.481 e. The fourth-order valence-corrected chi connectivity index (χ4v) is 4.02. The second-order valence-corrected chi connectivity index (χ2v) is 8.33. The van der Waals surface area contributed by atoms with Gasteiger partial charge in [0.15, 0.2) is 0 Å². The van der Waals surface area contributed by atoms with E-state index in [1.807, 2.05) is 38.1 Å². The van der Waals surface area contributed by atoms with Crippen LogP contribution in [0.25, 0.3) is 11.1 Å². The molecular formula is C25H30N2O5. The molecule has 3 rings (SSSR count). The van der Waals surface area contributed by atoms with Gasteiger partial charge in [0.2, 0.25) is 5.91 Å². The fraction of sp³-hybridized carbons (Fsp3) is 0.400. The van der Waals surface area contributed by atoms with Crippen LogP contribution >= 0.6 is 0 Å². The van der Waals surface area contributed by atoms with Crippen molar-refractivity contribution in [3.63, 3.8) is 0 Å². The molecule has 0 saturated heterocycles. The van der Waals surface area contributed by atoms with Gasteiger partial charge in [-0.15, -0.1) is 0 Å². The lowest BCUT2D eigenvalue weighted by Gasteiger charge is -2.22. The number of benzene rings is 2. The number of carbonyl (C=O) groups excluding carboxylic acids is 2. The van der Waals surface area contributed by atoms with Gasteiger partial charge in [-0.05, 0) is 41.0 Å². The Labute approximate surface area is 188 Å². The predicted octanol–water partition coefficient (Wildman–Crippen LogP) is 3.92. The van der Waals surface area contributed by atoms with Gasteiger partial charge < -0.3 is 20.5 Å². The largest absolute Gasteiger partial charge is 0.481 e. The number of hydrogen-bond acceptors (Lipinski definition) is 4. The monoisotopic (exact) mass is 438 g/mol. The zero-order valence-electron chi connectivity index (χ0n) is 18.5. The van der Waals surface area contributed by atoms with E-state index >= 15 is 0 Å². The maximum Gasteiger partial charge on any atom is 0.407 e. The average Bonchev–Trinajstić information content (AvgIpc) is 3.09. The first-order chi connectivity index (χ1) is 15.4. The Kier molecular flexibility index (Phi) is 7.87. The summed E-state index contributed by atoms with van der Waals surface area (Å²) < 4.78 is 5.54. The molecule has 0 aliphatic heterocycles. The first kappa shape index (κ1) is 23.3. The molecule has 0 radical (unpaired) electrons. The Morgan fingerprint density at radius 1 is 0.969 bits per heavy atom. The smallest absolute Gasteiger partial charge is 0.407 e. The molecule has 0 saturated carbocycles. The van der Waals surface area contributed by atoms with E-state index in [-0.39, 0.29) is 30.8 Å². The highest BCUT2D eigenvalue weighted by molar-refractivity contribution is 5.86. The highest BCUT2D eigenvalue weighted by Crippen LogP contribution is 2.44. The van der Waals surface area contributed by atoms with Crippen molar-refractivity contribution in [2.45, 2.75) is 45.1 Å². The van der Waals surface area contributed by atoms with Gasteiger partial charge in [-0.25, -0.2) is 4.79 Å². The molecule has 1 atom stereocenters. The summed E-state index contributed by atoms with van der Waals surface area (Å²) in [7, 11) is 0. The summed E-state index contributed by atoms with van der Waals surface area (Å²) in [6.45, 7) is 4.24. The first-order valence-corrected chi connectivity index (χ1v) is 11.0. The number of alkyl carbamates (subject to hydrolysis) is 1.